The molecule has 0 radical (unpaired) electrons. The van der Waals surface area contributed by atoms with Crippen molar-refractivity contribution in [3.63, 3.8) is 0 Å². The summed E-state index contributed by atoms with van der Waals surface area (Å²) in [4.78, 5) is 13.6. The van der Waals surface area contributed by atoms with Crippen molar-refractivity contribution in [1.82, 2.24) is 10.2 Å². The van der Waals surface area contributed by atoms with Gasteiger partial charge < -0.3 is 9.64 Å². The molecule has 7 heteroatoms. The van der Waals surface area contributed by atoms with Gasteiger partial charge in [-0.2, -0.15) is 5.10 Å². The van der Waals surface area contributed by atoms with E-state index in [-0.39, 0.29) is 5.56 Å². The first-order valence-corrected chi connectivity index (χ1v) is 6.27. The lowest BCUT2D eigenvalue weighted by Crippen LogP contribution is -2.35. The van der Waals surface area contributed by atoms with Crippen LogP contribution in [0, 0.1) is 0 Å². The molecule has 0 bridgehead atoms. The van der Waals surface area contributed by atoms with E-state index >= 15 is 0 Å². The van der Waals surface area contributed by atoms with Crippen molar-refractivity contribution in [2.45, 2.75) is 17.9 Å². The maximum atomic E-state index is 11.6. The summed E-state index contributed by atoms with van der Waals surface area (Å²) >= 11 is 11.0. The van der Waals surface area contributed by atoms with Crippen LogP contribution in [0.4, 0.5) is 5.69 Å². The second kappa shape index (κ2) is 5.71. The van der Waals surface area contributed by atoms with Gasteiger partial charge in [0.05, 0.1) is 18.5 Å². The summed E-state index contributed by atoms with van der Waals surface area (Å²) in [5, 5.41) is 5.46. The van der Waals surface area contributed by atoms with Crippen molar-refractivity contribution >= 4 is 28.9 Å². The fourth-order valence-corrected chi connectivity index (χ4v) is 2.16. The van der Waals surface area contributed by atoms with Crippen molar-refractivity contribution in [2.24, 2.45) is 0 Å². The molecule has 1 aromatic rings. The number of hydrogen-bond donors (Lipinski definition) is 1. The van der Waals surface area contributed by atoms with Crippen LogP contribution in [0.1, 0.15) is 12.0 Å². The standard InChI is InChI=1S/C10H13Cl2N3O2/c11-10(12)17-5-4-15-3-1-2-7-8(15)6-13-14-9(7)16/h6,10H,1-5H2,(H,14,16). The van der Waals surface area contributed by atoms with Crippen LogP contribution in [-0.4, -0.2) is 34.9 Å². The van der Waals surface area contributed by atoms with Crippen molar-refractivity contribution in [2.75, 3.05) is 24.6 Å². The fourth-order valence-electron chi connectivity index (χ4n) is 1.98. The fraction of sp³-hybridized carbons (Fsp3) is 0.600. The third-order valence-corrected chi connectivity index (χ3v) is 2.99. The number of rotatable bonds is 4. The molecule has 1 aliphatic heterocycles. The van der Waals surface area contributed by atoms with Crippen molar-refractivity contribution < 1.29 is 4.74 Å². The Labute approximate surface area is 109 Å². The Morgan fingerprint density at radius 3 is 3.18 bits per heavy atom. The van der Waals surface area contributed by atoms with Gasteiger partial charge in [0.25, 0.3) is 5.56 Å². The van der Waals surface area contributed by atoms with Gasteiger partial charge in [0.1, 0.15) is 0 Å². The summed E-state index contributed by atoms with van der Waals surface area (Å²) in [5.74, 6) is 0. The van der Waals surface area contributed by atoms with Crippen molar-refractivity contribution in [3.05, 3.63) is 22.1 Å². The van der Waals surface area contributed by atoms with Gasteiger partial charge in [0.2, 0.25) is 5.02 Å². The van der Waals surface area contributed by atoms with Crippen LogP contribution in [0.15, 0.2) is 11.0 Å². The lowest BCUT2D eigenvalue weighted by atomic mass is 10.1. The third-order valence-electron chi connectivity index (χ3n) is 2.74. The number of hydrogen-bond acceptors (Lipinski definition) is 4. The van der Waals surface area contributed by atoms with Crippen LogP contribution in [0.5, 0.6) is 0 Å². The number of aromatic nitrogens is 2. The molecule has 2 rings (SSSR count). The zero-order valence-electron chi connectivity index (χ0n) is 9.16. The number of ether oxygens (including phenoxy) is 1. The number of alkyl halides is 2. The lowest BCUT2D eigenvalue weighted by molar-refractivity contribution is 0.160. The molecule has 1 N–H and O–H groups in total. The van der Waals surface area contributed by atoms with Gasteiger partial charge in [0.15, 0.2) is 0 Å². The smallest absolute Gasteiger partial charge is 0.269 e. The van der Waals surface area contributed by atoms with E-state index in [0.717, 1.165) is 30.6 Å². The van der Waals surface area contributed by atoms with Crippen LogP contribution in [-0.2, 0) is 11.2 Å². The number of H-pyrrole nitrogens is 1. The van der Waals surface area contributed by atoms with E-state index in [1.54, 1.807) is 6.20 Å². The SMILES string of the molecule is O=c1[nH]ncc2c1CCCN2CCOC(Cl)Cl. The molecular weight excluding hydrogens is 265 g/mol. The largest absolute Gasteiger partial charge is 0.368 e. The molecule has 0 amide bonds. The summed E-state index contributed by atoms with van der Waals surface area (Å²) in [6.45, 7) is 1.95. The minimum Gasteiger partial charge on any atom is -0.368 e. The van der Waals surface area contributed by atoms with E-state index < -0.39 is 5.02 Å². The Morgan fingerprint density at radius 2 is 2.41 bits per heavy atom. The van der Waals surface area contributed by atoms with Crippen molar-refractivity contribution in [1.29, 1.82) is 0 Å². The predicted molar refractivity (Wildman–Crippen MR) is 66.8 cm³/mol. The summed E-state index contributed by atoms with van der Waals surface area (Å²) in [6.07, 6.45) is 3.41. The zero-order chi connectivity index (χ0) is 12.3. The van der Waals surface area contributed by atoms with E-state index in [4.69, 9.17) is 27.9 Å². The molecule has 0 aliphatic carbocycles. The van der Waals surface area contributed by atoms with Gasteiger partial charge in [0, 0.05) is 18.7 Å². The van der Waals surface area contributed by atoms with Gasteiger partial charge in [-0.15, -0.1) is 0 Å². The second-order valence-corrected chi connectivity index (χ2v) is 4.80. The highest BCUT2D eigenvalue weighted by atomic mass is 35.5. The number of halogens is 2. The summed E-state index contributed by atoms with van der Waals surface area (Å²) < 4.78 is 5.07. The third kappa shape index (κ3) is 3.12. The Kier molecular flexibility index (Phi) is 4.25. The molecule has 0 aromatic carbocycles. The molecule has 2 heterocycles. The van der Waals surface area contributed by atoms with Gasteiger partial charge in [-0.05, 0) is 12.8 Å². The highest BCUT2D eigenvalue weighted by Crippen LogP contribution is 2.22. The molecule has 5 nitrogen and oxygen atoms in total. The van der Waals surface area contributed by atoms with Gasteiger partial charge in [-0.25, -0.2) is 5.10 Å². The second-order valence-electron chi connectivity index (χ2n) is 3.78. The first kappa shape index (κ1) is 12.7. The van der Waals surface area contributed by atoms with E-state index in [0.29, 0.717) is 13.2 Å². The van der Waals surface area contributed by atoms with Crippen LogP contribution in [0.2, 0.25) is 0 Å². The molecule has 1 aromatic heterocycles. The maximum absolute atomic E-state index is 11.6. The average Bonchev–Trinajstić information content (AvgIpc) is 2.30. The Bertz CT molecular complexity index is 436. The number of anilines is 1. The molecule has 0 saturated carbocycles. The van der Waals surface area contributed by atoms with Gasteiger partial charge in [-0.3, -0.25) is 4.79 Å². The normalized spacial score (nSPS) is 15.1. The van der Waals surface area contributed by atoms with Gasteiger partial charge in [-0.1, -0.05) is 23.2 Å². The van der Waals surface area contributed by atoms with Crippen LogP contribution in [0.25, 0.3) is 0 Å². The molecule has 0 saturated heterocycles. The van der Waals surface area contributed by atoms with Gasteiger partial charge >= 0.3 is 0 Å². The minimum absolute atomic E-state index is 0.110. The minimum atomic E-state index is -0.809. The zero-order valence-corrected chi connectivity index (χ0v) is 10.7. The molecule has 94 valence electrons. The average molecular weight is 278 g/mol. The van der Waals surface area contributed by atoms with Crippen molar-refractivity contribution in [3.8, 4) is 0 Å². The van der Waals surface area contributed by atoms with E-state index in [1.165, 1.54) is 0 Å². The maximum Gasteiger partial charge on any atom is 0.269 e. The lowest BCUT2D eigenvalue weighted by Gasteiger charge is -2.29. The summed E-state index contributed by atoms with van der Waals surface area (Å²) in [7, 11) is 0. The topological polar surface area (TPSA) is 58.2 Å². The first-order chi connectivity index (χ1) is 8.18. The highest BCUT2D eigenvalue weighted by molar-refractivity contribution is 6.43. The van der Waals surface area contributed by atoms with Crippen LogP contribution in [0.3, 0.4) is 0 Å². The number of nitrogens with one attached hydrogen (secondary N) is 1. The molecule has 0 unspecified atom stereocenters. The molecule has 1 aliphatic rings. The monoisotopic (exact) mass is 277 g/mol. The Balaban J connectivity index is 2.07. The molecular formula is C10H13Cl2N3O2. The number of fused-ring (bicyclic) bond motifs is 1. The predicted octanol–water partition coefficient (Wildman–Crippen LogP) is 1.30. The quantitative estimate of drug-likeness (QED) is 0.843. The van der Waals surface area contributed by atoms with Crippen LogP contribution >= 0.6 is 23.2 Å². The summed E-state index contributed by atoms with van der Waals surface area (Å²) in [6, 6.07) is 0. The van der Waals surface area contributed by atoms with E-state index in [1.807, 2.05) is 0 Å². The van der Waals surface area contributed by atoms with E-state index in [9.17, 15) is 4.79 Å². The number of aromatic amines is 1. The molecule has 17 heavy (non-hydrogen) atoms. The highest BCUT2D eigenvalue weighted by Gasteiger charge is 2.19. The first-order valence-electron chi connectivity index (χ1n) is 5.40. The summed E-state index contributed by atoms with van der Waals surface area (Å²) in [5.41, 5.74) is 1.56. The van der Waals surface area contributed by atoms with Crippen LogP contribution < -0.4 is 10.5 Å². The Morgan fingerprint density at radius 1 is 1.59 bits per heavy atom. The molecule has 0 fully saturated rings. The van der Waals surface area contributed by atoms with E-state index in [2.05, 4.69) is 15.1 Å². The number of nitrogens with zero attached hydrogens (tertiary/aromatic N) is 2. The Hall–Kier alpha value is -0.780. The molecule has 0 atom stereocenters. The molecule has 0 spiro atoms.